The van der Waals surface area contributed by atoms with Crippen molar-refractivity contribution in [3.63, 3.8) is 0 Å². The van der Waals surface area contributed by atoms with E-state index in [9.17, 15) is 9.59 Å². The second-order valence-corrected chi connectivity index (χ2v) is 6.91. The summed E-state index contributed by atoms with van der Waals surface area (Å²) in [7, 11) is 0. The summed E-state index contributed by atoms with van der Waals surface area (Å²) in [5, 5.41) is 12.0. The van der Waals surface area contributed by atoms with Crippen molar-refractivity contribution in [2.24, 2.45) is 29.6 Å². The summed E-state index contributed by atoms with van der Waals surface area (Å²) in [6.07, 6.45) is 3.89. The predicted octanol–water partition coefficient (Wildman–Crippen LogP) is 3.27. The van der Waals surface area contributed by atoms with E-state index >= 15 is 0 Å². The molecule has 5 heteroatoms. The fraction of sp³-hybridized carbons (Fsp3) is 0.500. The van der Waals surface area contributed by atoms with Crippen LogP contribution < -0.4 is 5.32 Å². The Hall–Kier alpha value is -1.55. The number of nitrogens with one attached hydrogen (secondary N) is 1. The summed E-state index contributed by atoms with van der Waals surface area (Å²) in [4.78, 5) is 23.3. The number of amides is 1. The van der Waals surface area contributed by atoms with Crippen LogP contribution in [0.1, 0.15) is 29.6 Å². The highest BCUT2D eigenvalue weighted by molar-refractivity contribution is 6.33. The number of benzene rings is 1. The van der Waals surface area contributed by atoms with Gasteiger partial charge in [-0.25, -0.2) is 4.79 Å². The normalized spacial score (nSPS) is 35.4. The van der Waals surface area contributed by atoms with Crippen molar-refractivity contribution in [1.82, 2.24) is 0 Å². The second-order valence-electron chi connectivity index (χ2n) is 6.50. The van der Waals surface area contributed by atoms with Crippen molar-refractivity contribution in [1.29, 1.82) is 0 Å². The van der Waals surface area contributed by atoms with Gasteiger partial charge in [0, 0.05) is 11.6 Å². The number of hydrogen-bond acceptors (Lipinski definition) is 2. The standard InChI is InChI=1S/C16H16ClNO3/c17-11-6-9(3-4-10(11)16(20)21)18-15(19)14-12-7-1-2-8(5-7)13(12)14/h3-4,6-8,12-14H,1-2,5H2,(H,18,19)(H,20,21). The minimum atomic E-state index is -1.06. The van der Waals surface area contributed by atoms with Crippen molar-refractivity contribution < 1.29 is 14.7 Å². The van der Waals surface area contributed by atoms with Crippen LogP contribution >= 0.6 is 11.6 Å². The van der Waals surface area contributed by atoms with E-state index in [0.717, 1.165) is 11.8 Å². The Bertz CT molecular complexity index is 628. The third-order valence-electron chi connectivity index (χ3n) is 5.51. The minimum Gasteiger partial charge on any atom is -0.478 e. The van der Waals surface area contributed by atoms with Gasteiger partial charge in [0.2, 0.25) is 5.91 Å². The van der Waals surface area contributed by atoms with E-state index in [0.29, 0.717) is 17.5 Å². The Morgan fingerprint density at radius 1 is 1.19 bits per heavy atom. The summed E-state index contributed by atoms with van der Waals surface area (Å²) >= 11 is 5.92. The highest BCUT2D eigenvalue weighted by Crippen LogP contribution is 2.69. The third kappa shape index (κ3) is 1.96. The SMILES string of the molecule is O=C(O)c1ccc(NC(=O)C2C3C4CCC(C4)C23)cc1Cl. The molecule has 0 radical (unpaired) electrons. The molecule has 0 aliphatic heterocycles. The first kappa shape index (κ1) is 13.1. The molecule has 0 aromatic heterocycles. The number of carboxylic acid groups (broad SMARTS) is 1. The van der Waals surface area contributed by atoms with E-state index in [1.165, 1.54) is 31.4 Å². The molecule has 0 spiro atoms. The Balaban J connectivity index is 1.46. The molecule has 1 aromatic rings. The lowest BCUT2D eigenvalue weighted by atomic mass is 10.0. The molecule has 1 aromatic carbocycles. The molecule has 3 aliphatic rings. The Morgan fingerprint density at radius 2 is 1.86 bits per heavy atom. The number of halogens is 1. The number of rotatable bonds is 3. The smallest absolute Gasteiger partial charge is 0.337 e. The molecule has 2 N–H and O–H groups in total. The second kappa shape index (κ2) is 4.47. The van der Waals surface area contributed by atoms with Gasteiger partial charge in [-0.3, -0.25) is 4.79 Å². The summed E-state index contributed by atoms with van der Waals surface area (Å²) < 4.78 is 0. The monoisotopic (exact) mass is 305 g/mol. The Labute approximate surface area is 127 Å². The molecule has 110 valence electrons. The van der Waals surface area contributed by atoms with Gasteiger partial charge in [-0.05, 0) is 61.1 Å². The van der Waals surface area contributed by atoms with Crippen LogP contribution in [0.4, 0.5) is 5.69 Å². The number of fused-ring (bicyclic) bond motifs is 5. The number of aromatic carboxylic acids is 1. The van der Waals surface area contributed by atoms with E-state index in [1.54, 1.807) is 6.07 Å². The average molecular weight is 306 g/mol. The quantitative estimate of drug-likeness (QED) is 0.900. The Morgan fingerprint density at radius 3 is 2.43 bits per heavy atom. The third-order valence-corrected chi connectivity index (χ3v) is 5.82. The van der Waals surface area contributed by atoms with Crippen LogP contribution in [0.15, 0.2) is 18.2 Å². The lowest BCUT2D eigenvalue weighted by Crippen LogP contribution is -2.18. The molecule has 0 heterocycles. The Kier molecular flexibility index (Phi) is 2.80. The summed E-state index contributed by atoms with van der Waals surface area (Å²) in [6, 6.07) is 4.54. The number of anilines is 1. The van der Waals surface area contributed by atoms with Crippen LogP contribution in [-0.4, -0.2) is 17.0 Å². The lowest BCUT2D eigenvalue weighted by Gasteiger charge is -2.10. The highest BCUT2D eigenvalue weighted by atomic mass is 35.5. The fourth-order valence-electron chi connectivity index (χ4n) is 4.67. The van der Waals surface area contributed by atoms with Gasteiger partial charge >= 0.3 is 5.97 Å². The topological polar surface area (TPSA) is 66.4 Å². The zero-order valence-electron chi connectivity index (χ0n) is 11.4. The van der Waals surface area contributed by atoms with Crippen molar-refractivity contribution in [2.75, 3.05) is 5.32 Å². The molecule has 3 fully saturated rings. The number of hydrogen-bond donors (Lipinski definition) is 2. The first-order chi connectivity index (χ1) is 10.1. The zero-order chi connectivity index (χ0) is 14.7. The first-order valence-corrected chi connectivity index (χ1v) is 7.78. The zero-order valence-corrected chi connectivity index (χ0v) is 12.1. The largest absolute Gasteiger partial charge is 0.478 e. The highest BCUT2D eigenvalue weighted by Gasteiger charge is 2.67. The molecule has 4 unspecified atom stereocenters. The van der Waals surface area contributed by atoms with Crippen LogP contribution in [0.25, 0.3) is 0 Å². The number of carbonyl (C=O) groups is 2. The maximum atomic E-state index is 12.4. The van der Waals surface area contributed by atoms with Gasteiger partial charge in [0.1, 0.15) is 0 Å². The lowest BCUT2D eigenvalue weighted by molar-refractivity contribution is -0.118. The van der Waals surface area contributed by atoms with E-state index in [4.69, 9.17) is 16.7 Å². The molecule has 2 bridgehead atoms. The van der Waals surface area contributed by atoms with E-state index in [-0.39, 0.29) is 22.4 Å². The maximum Gasteiger partial charge on any atom is 0.337 e. The molecule has 3 saturated carbocycles. The molecule has 4 nitrogen and oxygen atoms in total. The number of carbonyl (C=O) groups excluding carboxylic acids is 1. The summed E-state index contributed by atoms with van der Waals surface area (Å²) in [6.45, 7) is 0. The van der Waals surface area contributed by atoms with Crippen molar-refractivity contribution >= 4 is 29.2 Å². The van der Waals surface area contributed by atoms with E-state index < -0.39 is 5.97 Å². The van der Waals surface area contributed by atoms with E-state index in [2.05, 4.69) is 5.32 Å². The predicted molar refractivity (Wildman–Crippen MR) is 78.3 cm³/mol. The van der Waals surface area contributed by atoms with Crippen LogP contribution in [0.5, 0.6) is 0 Å². The van der Waals surface area contributed by atoms with Gasteiger partial charge in [0.15, 0.2) is 0 Å². The van der Waals surface area contributed by atoms with Gasteiger partial charge < -0.3 is 10.4 Å². The van der Waals surface area contributed by atoms with Crippen LogP contribution in [-0.2, 0) is 4.79 Å². The molecule has 4 atom stereocenters. The molecule has 0 saturated heterocycles. The molecular weight excluding hydrogens is 290 g/mol. The minimum absolute atomic E-state index is 0.0519. The fourth-order valence-corrected chi connectivity index (χ4v) is 4.93. The van der Waals surface area contributed by atoms with Crippen molar-refractivity contribution in [3.8, 4) is 0 Å². The van der Waals surface area contributed by atoms with Gasteiger partial charge in [-0.2, -0.15) is 0 Å². The van der Waals surface area contributed by atoms with Crippen molar-refractivity contribution in [2.45, 2.75) is 19.3 Å². The van der Waals surface area contributed by atoms with Crippen LogP contribution in [0.2, 0.25) is 5.02 Å². The summed E-state index contributed by atoms with van der Waals surface area (Å²) in [5.74, 6) is 1.87. The average Bonchev–Trinajstić information content (AvgIpc) is 2.88. The van der Waals surface area contributed by atoms with Crippen molar-refractivity contribution in [3.05, 3.63) is 28.8 Å². The van der Waals surface area contributed by atoms with Gasteiger partial charge in [0.05, 0.1) is 10.6 Å². The van der Waals surface area contributed by atoms with Gasteiger partial charge in [-0.1, -0.05) is 11.6 Å². The van der Waals surface area contributed by atoms with Gasteiger partial charge in [-0.15, -0.1) is 0 Å². The van der Waals surface area contributed by atoms with E-state index in [1.807, 2.05) is 0 Å². The first-order valence-electron chi connectivity index (χ1n) is 7.40. The van der Waals surface area contributed by atoms with Crippen LogP contribution in [0, 0.1) is 29.6 Å². The van der Waals surface area contributed by atoms with Crippen LogP contribution in [0.3, 0.4) is 0 Å². The molecule has 1 amide bonds. The maximum absolute atomic E-state index is 12.4. The summed E-state index contributed by atoms with van der Waals surface area (Å²) in [5.41, 5.74) is 0.628. The van der Waals surface area contributed by atoms with Gasteiger partial charge in [0.25, 0.3) is 0 Å². The molecule has 21 heavy (non-hydrogen) atoms. The number of carboxylic acids is 1. The molecular formula is C16H16ClNO3. The molecule has 4 rings (SSSR count). The molecule has 3 aliphatic carbocycles.